The van der Waals surface area contributed by atoms with E-state index in [9.17, 15) is 8.42 Å². The van der Waals surface area contributed by atoms with Crippen molar-refractivity contribution < 1.29 is 13.2 Å². The van der Waals surface area contributed by atoms with Crippen LogP contribution in [0.3, 0.4) is 0 Å². The van der Waals surface area contributed by atoms with E-state index >= 15 is 0 Å². The molecule has 148 valence electrons. The highest BCUT2D eigenvalue weighted by Crippen LogP contribution is 2.33. The highest BCUT2D eigenvalue weighted by molar-refractivity contribution is 7.73. The van der Waals surface area contributed by atoms with Crippen LogP contribution in [0.5, 0.6) is 0 Å². The Hall–Kier alpha value is -1.63. The number of allylic oxidation sites excluding steroid dienone is 2. The van der Waals surface area contributed by atoms with E-state index in [4.69, 9.17) is 4.74 Å². The summed E-state index contributed by atoms with van der Waals surface area (Å²) in [6.45, 7) is 6.42. The molecule has 1 aliphatic heterocycles. The van der Waals surface area contributed by atoms with Gasteiger partial charge in [-0.3, -0.25) is 4.90 Å². The minimum absolute atomic E-state index is 0.299. The van der Waals surface area contributed by atoms with E-state index < -0.39 is 16.4 Å². The maximum Gasteiger partial charge on any atom is 0.220 e. The molecule has 1 aromatic rings. The fraction of sp³-hybridized carbons (Fsp3) is 0.571. The number of rotatable bonds is 5. The van der Waals surface area contributed by atoms with Crippen LogP contribution in [0.25, 0.3) is 5.57 Å². The first-order chi connectivity index (χ1) is 13.1. The third-order valence-electron chi connectivity index (χ3n) is 5.69. The summed E-state index contributed by atoms with van der Waals surface area (Å²) < 4.78 is 29.0. The first-order valence-corrected chi connectivity index (χ1v) is 11.0. The predicted octanol–water partition coefficient (Wildman–Crippen LogP) is 3.75. The highest BCUT2D eigenvalue weighted by atomic mass is 32.2. The van der Waals surface area contributed by atoms with Gasteiger partial charge in [-0.2, -0.15) is 8.42 Å². The van der Waals surface area contributed by atoms with Crippen LogP contribution < -0.4 is 0 Å². The first-order valence-electron chi connectivity index (χ1n) is 9.93. The Labute approximate surface area is 163 Å². The Balaban J connectivity index is 1.98. The predicted molar refractivity (Wildman–Crippen MR) is 110 cm³/mol. The van der Waals surface area contributed by atoms with Crippen molar-refractivity contribution in [2.75, 3.05) is 20.2 Å². The van der Waals surface area contributed by atoms with E-state index in [-0.39, 0.29) is 0 Å². The molecule has 0 amide bonds. The molecular formula is C21H30N2O3S. The third-order valence-corrected chi connectivity index (χ3v) is 6.41. The van der Waals surface area contributed by atoms with Gasteiger partial charge in [-0.05, 0) is 56.1 Å². The number of H-pyrrole nitrogens is 1. The Bertz CT molecular complexity index is 856. The normalized spacial score (nSPS) is 24.3. The number of ether oxygens (including phenoxy) is 1. The maximum atomic E-state index is 11.7. The monoisotopic (exact) mass is 390 g/mol. The average Bonchev–Trinajstić information content (AvgIpc) is 3.04. The van der Waals surface area contributed by atoms with Gasteiger partial charge in [0.05, 0.1) is 0 Å². The van der Waals surface area contributed by atoms with Crippen molar-refractivity contribution in [3.05, 3.63) is 41.2 Å². The zero-order valence-electron chi connectivity index (χ0n) is 16.5. The van der Waals surface area contributed by atoms with Gasteiger partial charge in [-0.15, -0.1) is 0 Å². The van der Waals surface area contributed by atoms with Crippen LogP contribution in [0.1, 0.15) is 63.4 Å². The first kappa shape index (κ1) is 20.1. The average molecular weight is 391 g/mol. The summed E-state index contributed by atoms with van der Waals surface area (Å²) in [6.07, 6.45) is 8.95. The van der Waals surface area contributed by atoms with E-state index in [2.05, 4.69) is 35.0 Å². The Kier molecular flexibility index (Phi) is 6.73. The van der Waals surface area contributed by atoms with Crippen molar-refractivity contribution in [2.24, 2.45) is 0 Å². The molecule has 0 saturated carbocycles. The fourth-order valence-electron chi connectivity index (χ4n) is 4.20. The zero-order valence-corrected chi connectivity index (χ0v) is 17.3. The number of hydrogen-bond acceptors (Lipinski definition) is 4. The molecule has 2 atom stereocenters. The van der Waals surface area contributed by atoms with E-state index in [0.29, 0.717) is 10.9 Å². The Morgan fingerprint density at radius 3 is 2.67 bits per heavy atom. The van der Waals surface area contributed by atoms with Crippen LogP contribution in [-0.4, -0.2) is 49.5 Å². The molecule has 1 aromatic heterocycles. The van der Waals surface area contributed by atoms with Gasteiger partial charge in [0.25, 0.3) is 0 Å². The molecule has 1 aliphatic carbocycles. The van der Waals surface area contributed by atoms with Crippen LogP contribution in [0.15, 0.2) is 29.9 Å². The largest absolute Gasteiger partial charge is 0.371 e. The van der Waals surface area contributed by atoms with Crippen LogP contribution in [-0.2, 0) is 15.0 Å². The molecule has 2 aliphatic rings. The second-order valence-corrected chi connectivity index (χ2v) is 8.19. The SMILES string of the molecule is CCC1=CC(=S(=O)=O)C(OC)C(c2ccc(C3CCCCCN3CC)[nH]2)=C1. The summed E-state index contributed by atoms with van der Waals surface area (Å²) in [5, 5.41) is 0. The van der Waals surface area contributed by atoms with Gasteiger partial charge in [0.1, 0.15) is 11.0 Å². The molecule has 3 rings (SSSR count). The van der Waals surface area contributed by atoms with Crippen molar-refractivity contribution in [1.82, 2.24) is 9.88 Å². The minimum atomic E-state index is -2.30. The molecule has 0 radical (unpaired) electrons. The summed E-state index contributed by atoms with van der Waals surface area (Å²) in [5.74, 6) is 0. The van der Waals surface area contributed by atoms with E-state index in [1.807, 2.05) is 6.92 Å². The van der Waals surface area contributed by atoms with Crippen molar-refractivity contribution in [3.8, 4) is 0 Å². The molecule has 0 bridgehead atoms. The Morgan fingerprint density at radius 2 is 2.00 bits per heavy atom. The summed E-state index contributed by atoms with van der Waals surface area (Å²) in [5.41, 5.74) is 4.04. The van der Waals surface area contributed by atoms with Gasteiger partial charge >= 0.3 is 0 Å². The van der Waals surface area contributed by atoms with Crippen LogP contribution in [0, 0.1) is 0 Å². The molecule has 0 aromatic carbocycles. The highest BCUT2D eigenvalue weighted by Gasteiger charge is 2.28. The lowest BCUT2D eigenvalue weighted by Gasteiger charge is -2.28. The molecular weight excluding hydrogens is 360 g/mol. The summed E-state index contributed by atoms with van der Waals surface area (Å²) >= 11 is 0. The summed E-state index contributed by atoms with van der Waals surface area (Å²) in [6, 6.07) is 4.62. The number of aromatic amines is 1. The topological polar surface area (TPSA) is 62.4 Å². The molecule has 2 unspecified atom stereocenters. The smallest absolute Gasteiger partial charge is 0.220 e. The number of nitrogens with one attached hydrogen (secondary N) is 1. The standard InChI is InChI=1S/C21H30N2O3S/c1-4-15-13-16(21(26-3)20(14-15)27(24)25)17-10-11-18(22-17)19-9-7-6-8-12-23(19)5-2/h10-11,13-14,19,21-22H,4-9,12H2,1-3H3. The minimum Gasteiger partial charge on any atom is -0.371 e. The summed E-state index contributed by atoms with van der Waals surface area (Å²) in [7, 11) is -0.744. The number of aromatic nitrogens is 1. The fourth-order valence-corrected chi connectivity index (χ4v) is 4.85. The van der Waals surface area contributed by atoms with E-state index in [0.717, 1.165) is 42.8 Å². The molecule has 1 fully saturated rings. The molecule has 6 heteroatoms. The lowest BCUT2D eigenvalue weighted by atomic mass is 9.93. The van der Waals surface area contributed by atoms with Gasteiger partial charge < -0.3 is 9.72 Å². The number of hydrogen-bond donors (Lipinski definition) is 1. The van der Waals surface area contributed by atoms with E-state index in [1.165, 1.54) is 25.0 Å². The number of likely N-dealkylation sites (tertiary alicyclic amines) is 1. The second-order valence-electron chi connectivity index (χ2n) is 7.25. The molecule has 1 saturated heterocycles. The zero-order chi connectivity index (χ0) is 19.4. The van der Waals surface area contributed by atoms with Crippen LogP contribution in [0.4, 0.5) is 0 Å². The van der Waals surface area contributed by atoms with Gasteiger partial charge in [0.2, 0.25) is 10.3 Å². The molecule has 0 spiro atoms. The van der Waals surface area contributed by atoms with Gasteiger partial charge in [-0.1, -0.05) is 32.8 Å². The maximum absolute atomic E-state index is 11.7. The van der Waals surface area contributed by atoms with E-state index in [1.54, 1.807) is 13.2 Å². The molecule has 2 heterocycles. The lowest BCUT2D eigenvalue weighted by Crippen LogP contribution is -2.29. The van der Waals surface area contributed by atoms with Gasteiger partial charge in [0, 0.05) is 30.1 Å². The molecule has 27 heavy (non-hydrogen) atoms. The summed E-state index contributed by atoms with van der Waals surface area (Å²) in [4.78, 5) is 6.42. The van der Waals surface area contributed by atoms with Crippen molar-refractivity contribution in [3.63, 3.8) is 0 Å². The number of nitrogens with zero attached hydrogens (tertiary/aromatic N) is 1. The molecule has 5 nitrogen and oxygen atoms in total. The van der Waals surface area contributed by atoms with Gasteiger partial charge in [-0.25, -0.2) is 0 Å². The van der Waals surface area contributed by atoms with Crippen molar-refractivity contribution in [2.45, 2.75) is 58.1 Å². The third kappa shape index (κ3) is 4.28. The van der Waals surface area contributed by atoms with Gasteiger partial charge in [0.15, 0.2) is 0 Å². The van der Waals surface area contributed by atoms with Crippen molar-refractivity contribution >= 4 is 20.7 Å². The lowest BCUT2D eigenvalue weighted by molar-refractivity contribution is 0.199. The van der Waals surface area contributed by atoms with Crippen LogP contribution in [0.2, 0.25) is 0 Å². The Morgan fingerprint density at radius 1 is 1.19 bits per heavy atom. The molecule has 1 N–H and O–H groups in total. The second kappa shape index (κ2) is 9.04. The number of methoxy groups -OCH3 is 1. The van der Waals surface area contributed by atoms with Crippen molar-refractivity contribution in [1.29, 1.82) is 0 Å². The quantitative estimate of drug-likeness (QED) is 0.778. The van der Waals surface area contributed by atoms with Crippen LogP contribution >= 0.6 is 0 Å².